The summed E-state index contributed by atoms with van der Waals surface area (Å²) >= 11 is 0. The first-order valence-electron chi connectivity index (χ1n) is 11.4. The molecule has 8 heteroatoms. The number of benzene rings is 1. The highest BCUT2D eigenvalue weighted by Gasteiger charge is 2.55. The van der Waals surface area contributed by atoms with Crippen LogP contribution in [-0.2, 0) is 19.9 Å². The van der Waals surface area contributed by atoms with Crippen LogP contribution in [0.4, 0.5) is 0 Å². The molecule has 0 aromatic heterocycles. The first-order chi connectivity index (χ1) is 15.4. The maximum absolute atomic E-state index is 12.3. The molecule has 4 unspecified atom stereocenters. The zero-order valence-electron chi connectivity index (χ0n) is 19.2. The first kappa shape index (κ1) is 24.2. The standard InChI is InChI=1S/C24H34N4O4/c1-4-32-21(29)16-27-12-9-24(28-13-10-26-11-14-28,20-8-6-5-7-19(20)15-25)22(18(27)3)17(2)23(30)31/h5-8,17-18,22,26H,4,9-14,16H2,1-3H3,(H,30,31). The van der Waals surface area contributed by atoms with Crippen molar-refractivity contribution in [3.8, 4) is 6.07 Å². The average molecular weight is 443 g/mol. The third kappa shape index (κ3) is 4.51. The zero-order valence-corrected chi connectivity index (χ0v) is 19.2. The largest absolute Gasteiger partial charge is 0.481 e. The fourth-order valence-corrected chi connectivity index (χ4v) is 5.77. The molecule has 1 aromatic rings. The summed E-state index contributed by atoms with van der Waals surface area (Å²) in [5.74, 6) is -2.16. The minimum Gasteiger partial charge on any atom is -0.481 e. The van der Waals surface area contributed by atoms with Gasteiger partial charge in [0.1, 0.15) is 0 Å². The van der Waals surface area contributed by atoms with E-state index in [0.717, 1.165) is 31.7 Å². The predicted molar refractivity (Wildman–Crippen MR) is 120 cm³/mol. The maximum Gasteiger partial charge on any atom is 0.320 e. The van der Waals surface area contributed by atoms with Gasteiger partial charge in [0.25, 0.3) is 0 Å². The SMILES string of the molecule is CCOC(=O)CN1CCC(c2ccccc2C#N)(N2CCNCC2)C(C(C)C(=O)O)C1C. The number of nitrogens with zero attached hydrogens (tertiary/aromatic N) is 3. The molecule has 2 aliphatic rings. The van der Waals surface area contributed by atoms with Crippen LogP contribution in [0.5, 0.6) is 0 Å². The van der Waals surface area contributed by atoms with Crippen molar-refractivity contribution in [2.24, 2.45) is 11.8 Å². The van der Waals surface area contributed by atoms with Crippen LogP contribution in [0, 0.1) is 23.2 Å². The molecule has 2 saturated heterocycles. The molecule has 32 heavy (non-hydrogen) atoms. The van der Waals surface area contributed by atoms with Gasteiger partial charge in [-0.25, -0.2) is 0 Å². The van der Waals surface area contributed by atoms with Crippen LogP contribution in [0.1, 0.15) is 38.3 Å². The molecule has 1 aromatic carbocycles. The lowest BCUT2D eigenvalue weighted by Crippen LogP contribution is -2.67. The number of likely N-dealkylation sites (tertiary alicyclic amines) is 1. The minimum absolute atomic E-state index is 0.134. The molecule has 4 atom stereocenters. The molecule has 2 aliphatic heterocycles. The van der Waals surface area contributed by atoms with Crippen LogP contribution in [0.3, 0.4) is 0 Å². The Bertz CT molecular complexity index is 864. The molecule has 0 bridgehead atoms. The molecule has 2 fully saturated rings. The van der Waals surface area contributed by atoms with E-state index in [1.165, 1.54) is 0 Å². The van der Waals surface area contributed by atoms with E-state index in [4.69, 9.17) is 4.74 Å². The monoisotopic (exact) mass is 442 g/mol. The fourth-order valence-electron chi connectivity index (χ4n) is 5.77. The number of ether oxygens (including phenoxy) is 1. The Morgan fingerprint density at radius 1 is 1.31 bits per heavy atom. The Balaban J connectivity index is 2.14. The summed E-state index contributed by atoms with van der Waals surface area (Å²) in [6.45, 7) is 9.77. The lowest BCUT2D eigenvalue weighted by Gasteiger charge is -2.58. The van der Waals surface area contributed by atoms with Crippen LogP contribution in [0.2, 0.25) is 0 Å². The Morgan fingerprint density at radius 2 is 2.00 bits per heavy atom. The molecule has 0 saturated carbocycles. The molecule has 0 spiro atoms. The molecular weight excluding hydrogens is 408 g/mol. The van der Waals surface area contributed by atoms with E-state index in [2.05, 4.69) is 16.3 Å². The van der Waals surface area contributed by atoms with Gasteiger partial charge in [0.05, 0.1) is 36.2 Å². The summed E-state index contributed by atoms with van der Waals surface area (Å²) in [6, 6.07) is 9.73. The number of esters is 1. The van der Waals surface area contributed by atoms with Gasteiger partial charge in [-0.05, 0) is 31.9 Å². The number of carbonyl (C=O) groups excluding carboxylic acids is 1. The highest BCUT2D eigenvalue weighted by atomic mass is 16.5. The smallest absolute Gasteiger partial charge is 0.320 e. The molecule has 8 nitrogen and oxygen atoms in total. The van der Waals surface area contributed by atoms with E-state index >= 15 is 0 Å². The number of carboxylic acids is 1. The van der Waals surface area contributed by atoms with Crippen molar-refractivity contribution in [2.75, 3.05) is 45.9 Å². The number of piperidine rings is 1. The van der Waals surface area contributed by atoms with Crippen molar-refractivity contribution in [1.29, 1.82) is 5.26 Å². The second-order valence-electron chi connectivity index (χ2n) is 8.74. The third-order valence-electron chi connectivity index (χ3n) is 7.19. The highest BCUT2D eigenvalue weighted by molar-refractivity contribution is 5.72. The topological polar surface area (TPSA) is 106 Å². The first-order valence-corrected chi connectivity index (χ1v) is 11.4. The Hall–Kier alpha value is -2.47. The van der Waals surface area contributed by atoms with E-state index in [9.17, 15) is 20.0 Å². The molecule has 3 rings (SSSR count). The van der Waals surface area contributed by atoms with Crippen LogP contribution in [0.15, 0.2) is 24.3 Å². The quantitative estimate of drug-likeness (QED) is 0.614. The number of piperazine rings is 1. The van der Waals surface area contributed by atoms with Gasteiger partial charge in [0, 0.05) is 44.7 Å². The van der Waals surface area contributed by atoms with Gasteiger partial charge in [-0.3, -0.25) is 19.4 Å². The van der Waals surface area contributed by atoms with Crippen molar-refractivity contribution in [3.63, 3.8) is 0 Å². The number of aliphatic carboxylic acids is 1. The van der Waals surface area contributed by atoms with Crippen LogP contribution in [0.25, 0.3) is 0 Å². The zero-order chi connectivity index (χ0) is 23.3. The van der Waals surface area contributed by atoms with Crippen molar-refractivity contribution in [2.45, 2.75) is 38.8 Å². The average Bonchev–Trinajstić information content (AvgIpc) is 2.80. The van der Waals surface area contributed by atoms with Gasteiger partial charge < -0.3 is 15.2 Å². The van der Waals surface area contributed by atoms with Crippen LogP contribution < -0.4 is 5.32 Å². The van der Waals surface area contributed by atoms with E-state index in [-0.39, 0.29) is 24.5 Å². The Labute approximate surface area is 190 Å². The van der Waals surface area contributed by atoms with Crippen LogP contribution >= 0.6 is 0 Å². The summed E-state index contributed by atoms with van der Waals surface area (Å²) in [6.07, 6.45) is 0.637. The molecule has 0 radical (unpaired) electrons. The van der Waals surface area contributed by atoms with Gasteiger partial charge >= 0.3 is 11.9 Å². The lowest BCUT2D eigenvalue weighted by molar-refractivity contribution is -0.156. The number of hydrogen-bond donors (Lipinski definition) is 2. The van der Waals surface area contributed by atoms with Crippen molar-refractivity contribution < 1.29 is 19.4 Å². The lowest BCUT2D eigenvalue weighted by atomic mass is 9.62. The molecule has 2 heterocycles. The predicted octanol–water partition coefficient (Wildman–Crippen LogP) is 1.65. The second-order valence-corrected chi connectivity index (χ2v) is 8.74. The van der Waals surface area contributed by atoms with E-state index < -0.39 is 17.4 Å². The molecule has 174 valence electrons. The summed E-state index contributed by atoms with van der Waals surface area (Å²) in [7, 11) is 0. The number of hydrogen-bond acceptors (Lipinski definition) is 7. The third-order valence-corrected chi connectivity index (χ3v) is 7.19. The second kappa shape index (κ2) is 10.4. The summed E-state index contributed by atoms with van der Waals surface area (Å²) in [5, 5.41) is 23.4. The maximum atomic E-state index is 12.3. The summed E-state index contributed by atoms with van der Waals surface area (Å²) < 4.78 is 5.17. The van der Waals surface area contributed by atoms with Gasteiger partial charge in [0.2, 0.25) is 0 Å². The number of rotatable bonds is 7. The van der Waals surface area contributed by atoms with Crippen molar-refractivity contribution in [3.05, 3.63) is 35.4 Å². The van der Waals surface area contributed by atoms with Crippen molar-refractivity contribution in [1.82, 2.24) is 15.1 Å². The van der Waals surface area contributed by atoms with Gasteiger partial charge in [0.15, 0.2) is 0 Å². The van der Waals surface area contributed by atoms with E-state index in [0.29, 0.717) is 25.1 Å². The molecule has 0 amide bonds. The van der Waals surface area contributed by atoms with Crippen LogP contribution in [-0.4, -0.2) is 78.8 Å². The highest BCUT2D eigenvalue weighted by Crippen LogP contribution is 2.49. The minimum atomic E-state index is -0.867. The fraction of sp³-hybridized carbons (Fsp3) is 0.625. The molecular formula is C24H34N4O4. The number of carboxylic acid groups (broad SMARTS) is 1. The van der Waals surface area contributed by atoms with Crippen molar-refractivity contribution >= 4 is 11.9 Å². The Morgan fingerprint density at radius 3 is 2.62 bits per heavy atom. The molecule has 0 aliphatic carbocycles. The molecule has 2 N–H and O–H groups in total. The normalized spacial score (nSPS) is 27.9. The van der Waals surface area contributed by atoms with E-state index in [1.54, 1.807) is 13.8 Å². The Kier molecular flexibility index (Phi) is 7.88. The summed E-state index contributed by atoms with van der Waals surface area (Å²) in [4.78, 5) is 29.0. The van der Waals surface area contributed by atoms with Gasteiger partial charge in [-0.15, -0.1) is 0 Å². The van der Waals surface area contributed by atoms with E-state index in [1.807, 2.05) is 36.1 Å². The number of nitriles is 1. The van der Waals surface area contributed by atoms with Gasteiger partial charge in [-0.2, -0.15) is 5.26 Å². The summed E-state index contributed by atoms with van der Waals surface area (Å²) in [5.41, 5.74) is 0.862. The number of nitrogens with one attached hydrogen (secondary N) is 1. The number of carbonyl (C=O) groups is 2. The van der Waals surface area contributed by atoms with Gasteiger partial charge in [-0.1, -0.05) is 25.1 Å².